The van der Waals surface area contributed by atoms with Gasteiger partial charge in [0.15, 0.2) is 0 Å². The third-order valence-corrected chi connectivity index (χ3v) is 0.940. The third-order valence-electron chi connectivity index (χ3n) is 0.940. The second kappa shape index (κ2) is 6.69. The topological polar surface area (TPSA) is 40.5 Å². The molecule has 0 saturated carbocycles. The first-order valence-corrected chi connectivity index (χ1v) is 3.75. The van der Waals surface area contributed by atoms with Crippen LogP contribution < -0.4 is 0 Å². The normalized spacial score (nSPS) is 7.90. The molecule has 0 radical (unpaired) electrons. The Hall–Kier alpha value is -0.430. The number of benzene rings is 1. The first-order chi connectivity index (χ1) is 4.81. The van der Waals surface area contributed by atoms with Gasteiger partial charge in [-0.15, -0.1) is 0 Å². The van der Waals surface area contributed by atoms with E-state index in [1.165, 1.54) is 5.56 Å². The van der Waals surface area contributed by atoms with Gasteiger partial charge < -0.3 is 9.79 Å². The first-order valence-electron chi connectivity index (χ1n) is 2.86. The summed E-state index contributed by atoms with van der Waals surface area (Å²) >= 11 is 0. The van der Waals surface area contributed by atoms with Gasteiger partial charge in [-0.1, -0.05) is 35.9 Å². The molecule has 1 rings (SSSR count). The maximum Gasteiger partial charge on any atom is 0.149 e. The van der Waals surface area contributed by atoms with Crippen LogP contribution in [0.25, 0.3) is 0 Å². The van der Waals surface area contributed by atoms with Crippen LogP contribution in [0.1, 0.15) is 5.56 Å². The minimum absolute atomic E-state index is 0.917. The van der Waals surface area contributed by atoms with Gasteiger partial charge in [-0.25, -0.2) is 0 Å². The van der Waals surface area contributed by atoms with Gasteiger partial charge in [-0.05, 0) is 6.92 Å². The minimum Gasteiger partial charge on any atom is -0.352 e. The molecule has 0 aliphatic rings. The largest absolute Gasteiger partial charge is 0.352 e. The molecule has 0 heterocycles. The molecule has 2 nitrogen and oxygen atoms in total. The fraction of sp³-hybridized carbons (Fsp3) is 0.143. The quantitative estimate of drug-likeness (QED) is 0.561. The SMILES string of the molecule is Cc1ccccc1.OPO. The summed E-state index contributed by atoms with van der Waals surface area (Å²) in [4.78, 5) is 14.3. The molecule has 10 heavy (non-hydrogen) atoms. The number of hydrogen-bond donors (Lipinski definition) is 2. The minimum atomic E-state index is -0.917. The average molecular weight is 158 g/mol. The van der Waals surface area contributed by atoms with Gasteiger partial charge in [0.1, 0.15) is 9.03 Å². The molecule has 0 aliphatic heterocycles. The van der Waals surface area contributed by atoms with E-state index >= 15 is 0 Å². The van der Waals surface area contributed by atoms with Crippen molar-refractivity contribution in [3.05, 3.63) is 35.9 Å². The molecule has 0 spiro atoms. The van der Waals surface area contributed by atoms with Crippen molar-refractivity contribution in [3.63, 3.8) is 0 Å². The molecule has 1 aromatic rings. The molecule has 2 N–H and O–H groups in total. The van der Waals surface area contributed by atoms with Crippen LogP contribution in [0.3, 0.4) is 0 Å². The zero-order valence-corrected chi connectivity index (χ0v) is 6.78. The lowest BCUT2D eigenvalue weighted by molar-refractivity contribution is 0.513. The van der Waals surface area contributed by atoms with Crippen LogP contribution in [0.15, 0.2) is 30.3 Å². The van der Waals surface area contributed by atoms with Crippen molar-refractivity contribution in [1.82, 2.24) is 0 Å². The van der Waals surface area contributed by atoms with Crippen molar-refractivity contribution in [2.45, 2.75) is 6.92 Å². The van der Waals surface area contributed by atoms with Crippen molar-refractivity contribution in [2.24, 2.45) is 0 Å². The van der Waals surface area contributed by atoms with Gasteiger partial charge in [0.05, 0.1) is 0 Å². The molecule has 0 unspecified atom stereocenters. The van der Waals surface area contributed by atoms with Crippen molar-refractivity contribution in [2.75, 3.05) is 0 Å². The second-order valence-corrected chi connectivity index (χ2v) is 1.95. The fourth-order valence-electron chi connectivity index (χ4n) is 0.534. The van der Waals surface area contributed by atoms with E-state index in [0.29, 0.717) is 0 Å². The molecule has 0 fully saturated rings. The van der Waals surface area contributed by atoms with Crippen molar-refractivity contribution in [3.8, 4) is 0 Å². The summed E-state index contributed by atoms with van der Waals surface area (Å²) in [6.45, 7) is 2.08. The zero-order chi connectivity index (χ0) is 7.82. The fourth-order valence-corrected chi connectivity index (χ4v) is 0.534. The standard InChI is InChI=1S/C7H8.H3O2P/c1-7-5-3-2-4-6-7;1-3-2/h2-6H,1H3;1-3H. The van der Waals surface area contributed by atoms with Gasteiger partial charge in [0, 0.05) is 0 Å². The molecule has 0 aromatic heterocycles. The van der Waals surface area contributed by atoms with Gasteiger partial charge in [-0.2, -0.15) is 0 Å². The Morgan fingerprint density at radius 2 is 1.50 bits per heavy atom. The highest BCUT2D eigenvalue weighted by molar-refractivity contribution is 7.23. The smallest absolute Gasteiger partial charge is 0.149 e. The molecule has 0 amide bonds. The van der Waals surface area contributed by atoms with E-state index in [9.17, 15) is 0 Å². The summed E-state index contributed by atoms with van der Waals surface area (Å²) in [7, 11) is -0.917. The summed E-state index contributed by atoms with van der Waals surface area (Å²) < 4.78 is 0. The van der Waals surface area contributed by atoms with E-state index in [1.54, 1.807) is 0 Å². The van der Waals surface area contributed by atoms with E-state index in [0.717, 1.165) is 0 Å². The molecule has 56 valence electrons. The molecule has 0 bridgehead atoms. The van der Waals surface area contributed by atoms with E-state index < -0.39 is 9.03 Å². The van der Waals surface area contributed by atoms with E-state index in [4.69, 9.17) is 9.79 Å². The first kappa shape index (κ1) is 9.57. The summed E-state index contributed by atoms with van der Waals surface area (Å²) in [6.07, 6.45) is 0. The average Bonchev–Trinajstić information content (AvgIpc) is 1.91. The van der Waals surface area contributed by atoms with Gasteiger partial charge in [0.25, 0.3) is 0 Å². The van der Waals surface area contributed by atoms with Crippen molar-refractivity contribution in [1.29, 1.82) is 0 Å². The van der Waals surface area contributed by atoms with E-state index in [-0.39, 0.29) is 0 Å². The van der Waals surface area contributed by atoms with Crippen LogP contribution in [0.2, 0.25) is 0 Å². The Labute approximate surface area is 62.5 Å². The summed E-state index contributed by atoms with van der Waals surface area (Å²) in [6, 6.07) is 10.3. The Morgan fingerprint density at radius 1 is 1.10 bits per heavy atom. The molecule has 3 heteroatoms. The molecule has 1 aromatic carbocycles. The Kier molecular flexibility index (Phi) is 6.40. The van der Waals surface area contributed by atoms with Gasteiger partial charge >= 0.3 is 0 Å². The van der Waals surface area contributed by atoms with Crippen LogP contribution in [0, 0.1) is 6.92 Å². The molecule has 0 aliphatic carbocycles. The Balaban J connectivity index is 0.000000236. The lowest BCUT2D eigenvalue weighted by Gasteiger charge is -1.82. The summed E-state index contributed by atoms with van der Waals surface area (Å²) in [5, 5.41) is 0. The van der Waals surface area contributed by atoms with Crippen LogP contribution in [0.5, 0.6) is 0 Å². The predicted molar refractivity (Wildman–Crippen MR) is 43.9 cm³/mol. The lowest BCUT2D eigenvalue weighted by atomic mass is 10.2. The number of hydrogen-bond acceptors (Lipinski definition) is 2. The van der Waals surface area contributed by atoms with Crippen LogP contribution in [0.4, 0.5) is 0 Å². The third kappa shape index (κ3) is 5.70. The van der Waals surface area contributed by atoms with Crippen molar-refractivity contribution < 1.29 is 9.79 Å². The van der Waals surface area contributed by atoms with Gasteiger partial charge in [-0.3, -0.25) is 0 Å². The molecular weight excluding hydrogens is 147 g/mol. The Morgan fingerprint density at radius 3 is 1.70 bits per heavy atom. The highest BCUT2D eigenvalue weighted by Crippen LogP contribution is 1.92. The number of rotatable bonds is 0. The Bertz CT molecular complexity index is 153. The highest BCUT2D eigenvalue weighted by atomic mass is 31.1. The maximum absolute atomic E-state index is 7.15. The van der Waals surface area contributed by atoms with Crippen LogP contribution in [-0.4, -0.2) is 9.79 Å². The zero-order valence-electron chi connectivity index (χ0n) is 5.78. The second-order valence-electron chi connectivity index (χ2n) is 1.75. The lowest BCUT2D eigenvalue weighted by Crippen LogP contribution is -1.62. The summed E-state index contributed by atoms with van der Waals surface area (Å²) in [5.41, 5.74) is 1.32. The predicted octanol–water partition coefficient (Wildman–Crippen LogP) is 1.47. The molecule has 0 atom stereocenters. The van der Waals surface area contributed by atoms with Gasteiger partial charge in [0.2, 0.25) is 0 Å². The van der Waals surface area contributed by atoms with E-state index in [1.807, 2.05) is 18.2 Å². The van der Waals surface area contributed by atoms with Crippen molar-refractivity contribution >= 4 is 9.03 Å². The molecular formula is C7H11O2P. The summed E-state index contributed by atoms with van der Waals surface area (Å²) in [5.74, 6) is 0. The number of aryl methyl sites for hydroxylation is 1. The molecule has 0 saturated heterocycles. The highest BCUT2D eigenvalue weighted by Gasteiger charge is 1.72. The maximum atomic E-state index is 7.15. The van der Waals surface area contributed by atoms with Crippen LogP contribution in [-0.2, 0) is 0 Å². The van der Waals surface area contributed by atoms with E-state index in [2.05, 4.69) is 19.1 Å². The monoisotopic (exact) mass is 158 g/mol. The van der Waals surface area contributed by atoms with Crippen LogP contribution >= 0.6 is 9.03 Å².